The Balaban J connectivity index is 0.00000225. The third-order valence-corrected chi connectivity index (χ3v) is 4.73. The van der Waals surface area contributed by atoms with E-state index in [-0.39, 0.29) is 24.0 Å². The molecule has 0 bridgehead atoms. The highest BCUT2D eigenvalue weighted by Crippen LogP contribution is 2.19. The van der Waals surface area contributed by atoms with E-state index in [0.717, 1.165) is 48.6 Å². The minimum atomic E-state index is 0. The molecular formula is C22H25IN4O. The highest BCUT2D eigenvalue weighted by Gasteiger charge is 2.05. The molecule has 0 aliphatic carbocycles. The first kappa shape index (κ1) is 20.3. The largest absolute Gasteiger partial charge is 0.461 e. The number of furan rings is 1. The predicted molar refractivity (Wildman–Crippen MR) is 127 cm³/mol. The van der Waals surface area contributed by atoms with Crippen LogP contribution < -0.4 is 10.6 Å². The summed E-state index contributed by atoms with van der Waals surface area (Å²) in [5.41, 5.74) is 3.44. The third-order valence-electron chi connectivity index (χ3n) is 4.73. The lowest BCUT2D eigenvalue weighted by molar-refractivity contribution is 0.544. The fraction of sp³-hybridized carbons (Fsp3) is 0.227. The number of guanidine groups is 1. The maximum atomic E-state index is 5.85. The van der Waals surface area contributed by atoms with Crippen molar-refractivity contribution in [3.05, 3.63) is 72.1 Å². The van der Waals surface area contributed by atoms with Gasteiger partial charge in [0.25, 0.3) is 0 Å². The Morgan fingerprint density at radius 1 is 1.00 bits per heavy atom. The first-order chi connectivity index (χ1) is 13.3. The maximum absolute atomic E-state index is 5.85. The average molecular weight is 488 g/mol. The van der Waals surface area contributed by atoms with E-state index in [4.69, 9.17) is 4.42 Å². The number of para-hydroxylation sites is 2. The summed E-state index contributed by atoms with van der Waals surface area (Å²) >= 11 is 0. The van der Waals surface area contributed by atoms with E-state index in [1.807, 2.05) is 18.2 Å². The predicted octanol–water partition coefficient (Wildman–Crippen LogP) is 4.48. The molecule has 2 aromatic heterocycles. The SMILES string of the molecule is CN=C(NCCc1cc2ccccc2o1)NCCc1c[nH]c2ccccc12.I. The van der Waals surface area contributed by atoms with Crippen LogP contribution in [0.15, 0.2) is 70.2 Å². The fourth-order valence-electron chi connectivity index (χ4n) is 3.34. The summed E-state index contributed by atoms with van der Waals surface area (Å²) in [6.07, 6.45) is 3.84. The summed E-state index contributed by atoms with van der Waals surface area (Å²) in [5, 5.41) is 9.16. The van der Waals surface area contributed by atoms with Gasteiger partial charge in [0.15, 0.2) is 5.96 Å². The van der Waals surface area contributed by atoms with Crippen LogP contribution >= 0.6 is 24.0 Å². The molecule has 4 rings (SSSR count). The lowest BCUT2D eigenvalue weighted by Crippen LogP contribution is -2.39. The molecule has 0 saturated heterocycles. The zero-order valence-corrected chi connectivity index (χ0v) is 18.2. The molecule has 0 unspecified atom stereocenters. The number of aliphatic imine (C=N–C) groups is 1. The minimum Gasteiger partial charge on any atom is -0.461 e. The topological polar surface area (TPSA) is 65.3 Å². The number of benzene rings is 2. The van der Waals surface area contributed by atoms with Crippen molar-refractivity contribution < 1.29 is 4.42 Å². The second-order valence-corrected chi connectivity index (χ2v) is 6.54. The molecule has 146 valence electrons. The molecule has 0 atom stereocenters. The van der Waals surface area contributed by atoms with Crippen LogP contribution in [0.2, 0.25) is 0 Å². The van der Waals surface area contributed by atoms with Crippen LogP contribution in [-0.4, -0.2) is 31.1 Å². The Morgan fingerprint density at radius 3 is 2.57 bits per heavy atom. The second-order valence-electron chi connectivity index (χ2n) is 6.54. The molecule has 0 saturated carbocycles. The molecule has 0 aliphatic rings. The Labute approximate surface area is 181 Å². The van der Waals surface area contributed by atoms with Crippen LogP contribution in [0.5, 0.6) is 0 Å². The fourth-order valence-corrected chi connectivity index (χ4v) is 3.34. The van der Waals surface area contributed by atoms with Crippen molar-refractivity contribution in [3.63, 3.8) is 0 Å². The van der Waals surface area contributed by atoms with Crippen molar-refractivity contribution in [2.75, 3.05) is 20.1 Å². The molecule has 0 spiro atoms. The average Bonchev–Trinajstić information content (AvgIpc) is 3.30. The normalized spacial score (nSPS) is 11.5. The number of halogens is 1. The number of aromatic amines is 1. The van der Waals surface area contributed by atoms with Gasteiger partial charge in [0.1, 0.15) is 11.3 Å². The Morgan fingerprint density at radius 2 is 1.75 bits per heavy atom. The van der Waals surface area contributed by atoms with Gasteiger partial charge in [0.2, 0.25) is 0 Å². The first-order valence-electron chi connectivity index (χ1n) is 9.30. The van der Waals surface area contributed by atoms with Gasteiger partial charge < -0.3 is 20.0 Å². The summed E-state index contributed by atoms with van der Waals surface area (Å²) in [5.74, 6) is 1.80. The first-order valence-corrected chi connectivity index (χ1v) is 9.30. The standard InChI is InChI=1S/C22H24N4O.HI/c1-23-22(24-12-10-17-15-26-20-8-4-3-7-19(17)20)25-13-11-18-14-16-6-2-5-9-21(16)27-18;/h2-9,14-15,26H,10-13H2,1H3,(H2,23,24,25);1H. The molecule has 0 radical (unpaired) electrons. The van der Waals surface area contributed by atoms with Crippen LogP contribution in [-0.2, 0) is 12.8 Å². The van der Waals surface area contributed by atoms with Gasteiger partial charge in [-0.1, -0.05) is 36.4 Å². The number of H-pyrrole nitrogens is 1. The highest BCUT2D eigenvalue weighted by molar-refractivity contribution is 14.0. The van der Waals surface area contributed by atoms with Crippen molar-refractivity contribution in [2.45, 2.75) is 12.8 Å². The number of nitrogens with zero attached hydrogens (tertiary/aromatic N) is 1. The monoisotopic (exact) mass is 488 g/mol. The minimum absolute atomic E-state index is 0. The van der Waals surface area contributed by atoms with Gasteiger partial charge in [-0.05, 0) is 30.2 Å². The number of fused-ring (bicyclic) bond motifs is 2. The van der Waals surface area contributed by atoms with Crippen molar-refractivity contribution >= 4 is 51.8 Å². The summed E-state index contributed by atoms with van der Waals surface area (Å²) in [7, 11) is 1.79. The quantitative estimate of drug-likeness (QED) is 0.213. The molecule has 4 aromatic rings. The van der Waals surface area contributed by atoms with E-state index in [0.29, 0.717) is 0 Å². The zero-order valence-electron chi connectivity index (χ0n) is 15.9. The van der Waals surface area contributed by atoms with Gasteiger partial charge in [-0.15, -0.1) is 24.0 Å². The van der Waals surface area contributed by atoms with Crippen LogP contribution in [0.4, 0.5) is 0 Å². The van der Waals surface area contributed by atoms with E-state index in [9.17, 15) is 0 Å². The van der Waals surface area contributed by atoms with E-state index < -0.39 is 0 Å². The molecule has 0 fully saturated rings. The van der Waals surface area contributed by atoms with Crippen LogP contribution in [0.25, 0.3) is 21.9 Å². The number of aromatic nitrogens is 1. The maximum Gasteiger partial charge on any atom is 0.191 e. The van der Waals surface area contributed by atoms with Gasteiger partial charge >= 0.3 is 0 Å². The number of rotatable bonds is 6. The van der Waals surface area contributed by atoms with Crippen molar-refractivity contribution in [1.82, 2.24) is 15.6 Å². The molecular weight excluding hydrogens is 463 g/mol. The van der Waals surface area contributed by atoms with Crippen LogP contribution in [0, 0.1) is 0 Å². The summed E-state index contributed by atoms with van der Waals surface area (Å²) < 4.78 is 5.85. The molecule has 0 aliphatic heterocycles. The number of hydrogen-bond donors (Lipinski definition) is 3. The molecule has 6 heteroatoms. The van der Waals surface area contributed by atoms with Gasteiger partial charge in [0.05, 0.1) is 0 Å². The number of nitrogens with one attached hydrogen (secondary N) is 3. The summed E-state index contributed by atoms with van der Waals surface area (Å²) in [6, 6.07) is 18.6. The summed E-state index contributed by atoms with van der Waals surface area (Å²) in [4.78, 5) is 7.62. The Bertz CT molecular complexity index is 1030. The lowest BCUT2D eigenvalue weighted by Gasteiger charge is -2.11. The Hall–Kier alpha value is -2.48. The number of hydrogen-bond acceptors (Lipinski definition) is 2. The molecule has 5 nitrogen and oxygen atoms in total. The highest BCUT2D eigenvalue weighted by atomic mass is 127. The smallest absolute Gasteiger partial charge is 0.191 e. The molecule has 2 heterocycles. The lowest BCUT2D eigenvalue weighted by atomic mass is 10.1. The Kier molecular flexibility index (Phi) is 6.97. The summed E-state index contributed by atoms with van der Waals surface area (Å²) in [6.45, 7) is 1.60. The van der Waals surface area contributed by atoms with Crippen molar-refractivity contribution in [2.24, 2.45) is 4.99 Å². The van der Waals surface area contributed by atoms with E-state index >= 15 is 0 Å². The van der Waals surface area contributed by atoms with Gasteiger partial charge in [-0.2, -0.15) is 0 Å². The second kappa shape index (κ2) is 9.64. The molecule has 3 N–H and O–H groups in total. The molecule has 2 aromatic carbocycles. The zero-order chi connectivity index (χ0) is 18.5. The van der Waals surface area contributed by atoms with E-state index in [1.54, 1.807) is 7.05 Å². The molecule has 28 heavy (non-hydrogen) atoms. The van der Waals surface area contributed by atoms with E-state index in [1.165, 1.54) is 16.5 Å². The van der Waals surface area contributed by atoms with Gasteiger partial charge in [0, 0.05) is 49.0 Å². The van der Waals surface area contributed by atoms with Crippen LogP contribution in [0.3, 0.4) is 0 Å². The van der Waals surface area contributed by atoms with E-state index in [2.05, 4.69) is 63.2 Å². The molecule has 0 amide bonds. The van der Waals surface area contributed by atoms with Gasteiger partial charge in [-0.3, -0.25) is 4.99 Å². The third kappa shape index (κ3) is 4.67. The van der Waals surface area contributed by atoms with Crippen LogP contribution in [0.1, 0.15) is 11.3 Å². The van der Waals surface area contributed by atoms with Crippen molar-refractivity contribution in [1.29, 1.82) is 0 Å². The van der Waals surface area contributed by atoms with Crippen molar-refractivity contribution in [3.8, 4) is 0 Å². The van der Waals surface area contributed by atoms with Gasteiger partial charge in [-0.25, -0.2) is 0 Å².